The van der Waals surface area contributed by atoms with Crippen LogP contribution in [-0.2, 0) is 9.59 Å². The first-order chi connectivity index (χ1) is 6.58. The quantitative estimate of drug-likeness (QED) is 0.349. The highest BCUT2D eigenvalue weighted by Crippen LogP contribution is 2.47. The summed E-state index contributed by atoms with van der Waals surface area (Å²) in [7, 11) is 0. The molecule has 14 heavy (non-hydrogen) atoms. The molecule has 0 saturated carbocycles. The minimum absolute atomic E-state index is 0.0612. The number of hydrogen-bond donors (Lipinski definition) is 2. The first-order valence-corrected chi connectivity index (χ1v) is 5.53. The highest BCUT2D eigenvalue weighted by Gasteiger charge is 2.52. The fourth-order valence-corrected chi connectivity index (χ4v) is 3.54. The molecule has 3 N–H and O–H groups in total. The zero-order valence-corrected chi connectivity index (χ0v) is 8.76. The molecule has 0 spiro atoms. The lowest BCUT2D eigenvalue weighted by atomic mass is 10.2. The van der Waals surface area contributed by atoms with Crippen LogP contribution in [0.1, 0.15) is 19.8 Å². The molecule has 2 aliphatic heterocycles. The van der Waals surface area contributed by atoms with E-state index in [4.69, 9.17) is 5.84 Å². The Morgan fingerprint density at radius 3 is 3.14 bits per heavy atom. The minimum Gasteiger partial charge on any atom is -0.315 e. The van der Waals surface area contributed by atoms with Gasteiger partial charge in [0.1, 0.15) is 6.04 Å². The number of carbonyl (C=O) groups is 2. The van der Waals surface area contributed by atoms with Gasteiger partial charge in [0.15, 0.2) is 0 Å². The van der Waals surface area contributed by atoms with E-state index >= 15 is 0 Å². The van der Waals surface area contributed by atoms with Crippen LogP contribution in [0.3, 0.4) is 0 Å². The van der Waals surface area contributed by atoms with Gasteiger partial charge in [0.25, 0.3) is 5.91 Å². The molecule has 2 saturated heterocycles. The van der Waals surface area contributed by atoms with Crippen LogP contribution in [-0.4, -0.2) is 33.4 Å². The predicted octanol–water partition coefficient (Wildman–Crippen LogP) is -0.570. The molecule has 2 unspecified atom stereocenters. The molecule has 0 aromatic carbocycles. The van der Waals surface area contributed by atoms with Crippen molar-refractivity contribution < 1.29 is 9.59 Å². The fourth-order valence-electron chi connectivity index (χ4n) is 2.11. The van der Waals surface area contributed by atoms with Crippen molar-refractivity contribution in [2.75, 3.05) is 5.75 Å². The smallest absolute Gasteiger partial charge is 0.257 e. The van der Waals surface area contributed by atoms with Gasteiger partial charge in [-0.15, -0.1) is 11.8 Å². The summed E-state index contributed by atoms with van der Waals surface area (Å²) < 4.78 is 0. The molecule has 2 aliphatic rings. The van der Waals surface area contributed by atoms with Gasteiger partial charge < -0.3 is 4.90 Å². The van der Waals surface area contributed by atoms with Crippen LogP contribution in [0.4, 0.5) is 0 Å². The second-order valence-electron chi connectivity index (χ2n) is 3.77. The van der Waals surface area contributed by atoms with Gasteiger partial charge in [-0.1, -0.05) is 0 Å². The lowest BCUT2D eigenvalue weighted by Gasteiger charge is -2.29. The Morgan fingerprint density at radius 1 is 1.79 bits per heavy atom. The molecule has 6 heteroatoms. The van der Waals surface area contributed by atoms with Crippen LogP contribution in [0.25, 0.3) is 0 Å². The zero-order chi connectivity index (χ0) is 10.3. The molecule has 2 atom stereocenters. The van der Waals surface area contributed by atoms with E-state index in [-0.39, 0.29) is 22.7 Å². The molecule has 2 amide bonds. The van der Waals surface area contributed by atoms with Crippen LogP contribution in [0.15, 0.2) is 0 Å². The Hall–Kier alpha value is -0.750. The van der Waals surface area contributed by atoms with Crippen molar-refractivity contribution in [3.63, 3.8) is 0 Å². The van der Waals surface area contributed by atoms with E-state index in [9.17, 15) is 9.59 Å². The van der Waals surface area contributed by atoms with Gasteiger partial charge in [0.05, 0.1) is 4.87 Å². The van der Waals surface area contributed by atoms with E-state index in [0.717, 1.165) is 6.42 Å². The number of hydrogen-bond acceptors (Lipinski definition) is 4. The summed E-state index contributed by atoms with van der Waals surface area (Å²) in [4.78, 5) is 24.5. The normalized spacial score (nSPS) is 36.0. The number of amides is 2. The van der Waals surface area contributed by atoms with Crippen molar-refractivity contribution in [3.8, 4) is 0 Å². The van der Waals surface area contributed by atoms with Crippen molar-refractivity contribution in [2.24, 2.45) is 5.84 Å². The summed E-state index contributed by atoms with van der Waals surface area (Å²) in [6.07, 6.45) is 1.36. The standard InChI is InChI=1S/C8H13N3O2S/c1-8-3-2-6(12)11(8)5(4-14-8)7(13)10-9/h5H,2-4,9H2,1H3,(H,10,13). The van der Waals surface area contributed by atoms with Gasteiger partial charge in [0, 0.05) is 12.2 Å². The Bertz CT molecular complexity index is 296. The number of hydrazine groups is 1. The number of nitrogens with two attached hydrogens (primary N) is 1. The van der Waals surface area contributed by atoms with Crippen LogP contribution in [0.5, 0.6) is 0 Å². The van der Waals surface area contributed by atoms with E-state index in [1.54, 1.807) is 16.7 Å². The molecule has 0 radical (unpaired) electrons. The average Bonchev–Trinajstić information content (AvgIpc) is 2.64. The molecule has 0 aromatic rings. The first-order valence-electron chi connectivity index (χ1n) is 4.55. The second kappa shape index (κ2) is 3.13. The molecule has 2 rings (SSSR count). The van der Waals surface area contributed by atoms with Gasteiger partial charge in [0.2, 0.25) is 5.91 Å². The highest BCUT2D eigenvalue weighted by atomic mass is 32.2. The third-order valence-electron chi connectivity index (χ3n) is 2.89. The molecule has 2 heterocycles. The maximum Gasteiger partial charge on any atom is 0.257 e. The van der Waals surface area contributed by atoms with E-state index in [1.807, 2.05) is 6.92 Å². The van der Waals surface area contributed by atoms with Gasteiger partial charge in [-0.3, -0.25) is 15.0 Å². The molecule has 0 aromatic heterocycles. The van der Waals surface area contributed by atoms with Gasteiger partial charge in [-0.05, 0) is 13.3 Å². The molecule has 0 aliphatic carbocycles. The van der Waals surface area contributed by atoms with Crippen LogP contribution >= 0.6 is 11.8 Å². The van der Waals surface area contributed by atoms with E-state index in [2.05, 4.69) is 5.43 Å². The van der Waals surface area contributed by atoms with Crippen molar-refractivity contribution in [1.82, 2.24) is 10.3 Å². The number of carbonyl (C=O) groups excluding carboxylic acids is 2. The monoisotopic (exact) mass is 215 g/mol. The summed E-state index contributed by atoms with van der Waals surface area (Å²) in [5, 5.41) is 0. The Morgan fingerprint density at radius 2 is 2.50 bits per heavy atom. The van der Waals surface area contributed by atoms with Crippen molar-refractivity contribution in [3.05, 3.63) is 0 Å². The molecule has 78 valence electrons. The largest absolute Gasteiger partial charge is 0.315 e. The van der Waals surface area contributed by atoms with E-state index < -0.39 is 0 Å². The topological polar surface area (TPSA) is 75.4 Å². The zero-order valence-electron chi connectivity index (χ0n) is 7.95. The SMILES string of the molecule is CC12CCC(=O)N1C(C(=O)NN)CS2. The summed E-state index contributed by atoms with van der Waals surface area (Å²) >= 11 is 1.66. The van der Waals surface area contributed by atoms with Gasteiger partial charge >= 0.3 is 0 Å². The third kappa shape index (κ3) is 1.21. The van der Waals surface area contributed by atoms with Crippen molar-refractivity contribution in [2.45, 2.75) is 30.7 Å². The maximum absolute atomic E-state index is 11.6. The number of thioether (sulfide) groups is 1. The predicted molar refractivity (Wildman–Crippen MR) is 53.1 cm³/mol. The number of nitrogens with one attached hydrogen (secondary N) is 1. The van der Waals surface area contributed by atoms with Crippen LogP contribution in [0, 0.1) is 0 Å². The van der Waals surface area contributed by atoms with Crippen LogP contribution < -0.4 is 11.3 Å². The number of rotatable bonds is 1. The van der Waals surface area contributed by atoms with Crippen molar-refractivity contribution >= 4 is 23.6 Å². The minimum atomic E-state index is -0.384. The highest BCUT2D eigenvalue weighted by molar-refractivity contribution is 8.01. The summed E-state index contributed by atoms with van der Waals surface area (Å²) in [5.41, 5.74) is 2.11. The third-order valence-corrected chi connectivity index (χ3v) is 4.39. The molecule has 0 bridgehead atoms. The Balaban J connectivity index is 2.24. The van der Waals surface area contributed by atoms with E-state index in [1.165, 1.54) is 0 Å². The fraction of sp³-hybridized carbons (Fsp3) is 0.750. The molecular weight excluding hydrogens is 202 g/mol. The first kappa shape index (κ1) is 9.79. The number of fused-ring (bicyclic) bond motifs is 1. The van der Waals surface area contributed by atoms with Gasteiger partial charge in [-0.25, -0.2) is 5.84 Å². The maximum atomic E-state index is 11.6. The van der Waals surface area contributed by atoms with Crippen LogP contribution in [0.2, 0.25) is 0 Å². The summed E-state index contributed by atoms with van der Waals surface area (Å²) in [6.45, 7) is 2.01. The lowest BCUT2D eigenvalue weighted by Crippen LogP contribution is -2.51. The Kier molecular flexibility index (Phi) is 2.19. The molecule has 2 fully saturated rings. The summed E-state index contributed by atoms with van der Waals surface area (Å²) in [6, 6.07) is -0.384. The van der Waals surface area contributed by atoms with E-state index in [0.29, 0.717) is 12.2 Å². The summed E-state index contributed by atoms with van der Waals surface area (Å²) in [5.74, 6) is 5.51. The average molecular weight is 215 g/mol. The van der Waals surface area contributed by atoms with Crippen molar-refractivity contribution in [1.29, 1.82) is 0 Å². The van der Waals surface area contributed by atoms with Gasteiger partial charge in [-0.2, -0.15) is 0 Å². The molecule has 5 nitrogen and oxygen atoms in total. The second-order valence-corrected chi connectivity index (χ2v) is 5.28. The Labute approximate surface area is 86.3 Å². The number of nitrogens with zero attached hydrogens (tertiary/aromatic N) is 1. The molecular formula is C8H13N3O2S. The lowest BCUT2D eigenvalue weighted by molar-refractivity contribution is -0.137.